The third-order valence-corrected chi connectivity index (χ3v) is 6.95. The fraction of sp³-hybridized carbons (Fsp3) is 0.133. The van der Waals surface area contributed by atoms with Gasteiger partial charge in [-0.1, -0.05) is 41.9 Å². The number of thiol groups is 1. The van der Waals surface area contributed by atoms with Crippen LogP contribution in [0.4, 0.5) is 5.69 Å². The van der Waals surface area contributed by atoms with Crippen molar-refractivity contribution in [2.24, 2.45) is 10.1 Å². The Morgan fingerprint density at radius 3 is 2.50 bits per heavy atom. The molecule has 1 unspecified atom stereocenters. The van der Waals surface area contributed by atoms with Crippen molar-refractivity contribution in [1.82, 2.24) is 4.72 Å². The molecule has 1 atom stereocenters. The van der Waals surface area contributed by atoms with E-state index in [9.17, 15) is 16.8 Å². The number of nitrogens with zero attached hydrogens (tertiary/aromatic N) is 1. The smallest absolute Gasteiger partial charge is 0.265 e. The summed E-state index contributed by atoms with van der Waals surface area (Å²) in [5.41, 5.74) is 0.955. The summed E-state index contributed by atoms with van der Waals surface area (Å²) in [6.07, 6.45) is 0.223. The van der Waals surface area contributed by atoms with Crippen LogP contribution in [0.1, 0.15) is 17.2 Å². The predicted molar refractivity (Wildman–Crippen MR) is 103 cm³/mol. The number of hydrogen-bond donors (Lipinski definition) is 3. The number of halogens is 1. The Hall–Kier alpha value is -1.59. The fourth-order valence-corrected chi connectivity index (χ4v) is 5.20. The summed E-state index contributed by atoms with van der Waals surface area (Å²) < 4.78 is 50.4. The molecule has 0 saturated carbocycles. The summed E-state index contributed by atoms with van der Waals surface area (Å²) in [5.74, 6) is 0.181. The van der Waals surface area contributed by atoms with Crippen LogP contribution in [0.2, 0.25) is 5.02 Å². The van der Waals surface area contributed by atoms with E-state index >= 15 is 0 Å². The SMILES string of the molecule is NS(=O)(=O)c1cc2c(cc1Cl)N=C(CC(S)c1ccccc1)NS2(=O)=O. The molecule has 1 aliphatic rings. The van der Waals surface area contributed by atoms with Crippen molar-refractivity contribution in [3.8, 4) is 0 Å². The lowest BCUT2D eigenvalue weighted by Gasteiger charge is -2.21. The highest BCUT2D eigenvalue weighted by Crippen LogP contribution is 2.36. The Morgan fingerprint density at radius 1 is 1.23 bits per heavy atom. The van der Waals surface area contributed by atoms with Crippen molar-refractivity contribution in [2.75, 3.05) is 0 Å². The Bertz CT molecular complexity index is 1100. The standard InChI is InChI=1S/C15H14ClN3O4S3/c16-10-6-11-14(8-13(10)25(17,20)21)26(22,23)19-15(18-11)7-12(24)9-4-2-1-3-5-9/h1-6,8,12,24H,7H2,(H,18,19)(H2,17,20,21). The van der Waals surface area contributed by atoms with Gasteiger partial charge in [-0.15, -0.1) is 0 Å². The number of rotatable bonds is 4. The largest absolute Gasteiger partial charge is 0.267 e. The molecule has 0 saturated heterocycles. The Kier molecular flexibility index (Phi) is 5.06. The monoisotopic (exact) mass is 431 g/mol. The molecular formula is C15H14ClN3O4S3. The minimum atomic E-state index is -4.17. The lowest BCUT2D eigenvalue weighted by molar-refractivity contribution is 0.590. The van der Waals surface area contributed by atoms with Gasteiger partial charge in [0.1, 0.15) is 15.6 Å². The average molecular weight is 432 g/mol. The Morgan fingerprint density at radius 2 is 1.88 bits per heavy atom. The minimum absolute atomic E-state index is 0.0461. The maximum atomic E-state index is 12.5. The maximum Gasteiger partial charge on any atom is 0.265 e. The topological polar surface area (TPSA) is 119 Å². The summed E-state index contributed by atoms with van der Waals surface area (Å²) in [5, 5.41) is 4.59. The van der Waals surface area contributed by atoms with Gasteiger partial charge in [-0.05, 0) is 17.7 Å². The van der Waals surface area contributed by atoms with E-state index in [2.05, 4.69) is 22.3 Å². The van der Waals surface area contributed by atoms with E-state index in [1.807, 2.05) is 30.3 Å². The van der Waals surface area contributed by atoms with Gasteiger partial charge in [0.2, 0.25) is 10.0 Å². The van der Waals surface area contributed by atoms with Crippen LogP contribution < -0.4 is 9.86 Å². The first-order valence-corrected chi connectivity index (χ1v) is 11.2. The van der Waals surface area contributed by atoms with Gasteiger partial charge in [0.05, 0.1) is 10.7 Å². The number of benzene rings is 2. The molecule has 7 nitrogen and oxygen atoms in total. The van der Waals surface area contributed by atoms with Crippen LogP contribution in [-0.4, -0.2) is 22.7 Å². The van der Waals surface area contributed by atoms with Crippen molar-refractivity contribution in [2.45, 2.75) is 21.5 Å². The predicted octanol–water partition coefficient (Wildman–Crippen LogP) is 2.37. The molecule has 3 N–H and O–H groups in total. The number of fused-ring (bicyclic) bond motifs is 1. The zero-order chi connectivity index (χ0) is 19.1. The van der Waals surface area contributed by atoms with Gasteiger partial charge in [-0.25, -0.2) is 27.0 Å². The molecule has 0 spiro atoms. The molecule has 0 aromatic heterocycles. The number of hydrogen-bond acceptors (Lipinski definition) is 6. The molecule has 138 valence electrons. The minimum Gasteiger partial charge on any atom is -0.267 e. The van der Waals surface area contributed by atoms with Crippen LogP contribution >= 0.6 is 24.2 Å². The van der Waals surface area contributed by atoms with E-state index in [0.29, 0.717) is 0 Å². The highest BCUT2D eigenvalue weighted by atomic mass is 35.5. The molecule has 1 aliphatic heterocycles. The number of primary sulfonamides is 1. The number of sulfonamides is 2. The van der Waals surface area contributed by atoms with Crippen LogP contribution in [0.15, 0.2) is 57.2 Å². The molecular weight excluding hydrogens is 418 g/mol. The lowest BCUT2D eigenvalue weighted by Crippen LogP contribution is -2.34. The van der Waals surface area contributed by atoms with Crippen LogP contribution in [0, 0.1) is 0 Å². The molecule has 0 radical (unpaired) electrons. The quantitative estimate of drug-likeness (QED) is 0.644. The normalized spacial score (nSPS) is 17.0. The van der Waals surface area contributed by atoms with Crippen molar-refractivity contribution in [3.05, 3.63) is 53.1 Å². The molecule has 0 bridgehead atoms. The first-order chi connectivity index (χ1) is 12.1. The van der Waals surface area contributed by atoms with Gasteiger partial charge in [0.15, 0.2) is 0 Å². The second kappa shape index (κ2) is 6.86. The maximum absolute atomic E-state index is 12.5. The summed E-state index contributed by atoms with van der Waals surface area (Å²) in [6.45, 7) is 0. The van der Waals surface area contributed by atoms with Gasteiger partial charge < -0.3 is 0 Å². The number of nitrogens with one attached hydrogen (secondary N) is 1. The van der Waals surface area contributed by atoms with E-state index in [1.54, 1.807) is 0 Å². The molecule has 3 rings (SSSR count). The first-order valence-electron chi connectivity index (χ1n) is 7.27. The molecule has 2 aromatic rings. The van der Waals surface area contributed by atoms with Gasteiger partial charge in [-0.2, -0.15) is 12.6 Å². The van der Waals surface area contributed by atoms with Crippen LogP contribution in [-0.2, 0) is 20.0 Å². The summed E-state index contributed by atoms with van der Waals surface area (Å²) in [6, 6.07) is 11.4. The van der Waals surface area contributed by atoms with Gasteiger partial charge in [-0.3, -0.25) is 4.72 Å². The summed E-state index contributed by atoms with van der Waals surface area (Å²) >= 11 is 10.4. The van der Waals surface area contributed by atoms with Gasteiger partial charge >= 0.3 is 0 Å². The molecule has 11 heteroatoms. The highest BCUT2D eigenvalue weighted by molar-refractivity contribution is 7.90. The molecule has 26 heavy (non-hydrogen) atoms. The van der Waals surface area contributed by atoms with Gasteiger partial charge in [0, 0.05) is 11.7 Å². The molecule has 0 fully saturated rings. The van der Waals surface area contributed by atoms with Crippen LogP contribution in [0.3, 0.4) is 0 Å². The molecule has 2 aromatic carbocycles. The molecule has 0 aliphatic carbocycles. The molecule has 1 heterocycles. The Labute approximate surface area is 161 Å². The third-order valence-electron chi connectivity index (χ3n) is 3.69. The fourth-order valence-electron chi connectivity index (χ4n) is 2.49. The summed E-state index contributed by atoms with van der Waals surface area (Å²) in [4.78, 5) is 3.47. The van der Waals surface area contributed by atoms with Gasteiger partial charge in [0.25, 0.3) is 10.0 Å². The Balaban J connectivity index is 2.02. The van der Waals surface area contributed by atoms with Crippen molar-refractivity contribution < 1.29 is 16.8 Å². The number of amidine groups is 1. The van der Waals surface area contributed by atoms with Crippen molar-refractivity contribution in [1.29, 1.82) is 0 Å². The lowest BCUT2D eigenvalue weighted by atomic mass is 10.1. The first kappa shape index (κ1) is 19.2. The van der Waals surface area contributed by atoms with Crippen molar-refractivity contribution in [3.63, 3.8) is 0 Å². The van der Waals surface area contributed by atoms with E-state index in [4.69, 9.17) is 16.7 Å². The highest BCUT2D eigenvalue weighted by Gasteiger charge is 2.29. The molecule has 0 amide bonds. The number of nitrogens with two attached hydrogens (primary N) is 1. The van der Waals surface area contributed by atoms with Crippen LogP contribution in [0.25, 0.3) is 0 Å². The summed E-state index contributed by atoms with van der Waals surface area (Å²) in [7, 11) is -8.18. The second-order valence-electron chi connectivity index (χ2n) is 5.59. The zero-order valence-electron chi connectivity index (χ0n) is 13.1. The zero-order valence-corrected chi connectivity index (χ0v) is 16.4. The van der Waals surface area contributed by atoms with E-state index < -0.39 is 24.9 Å². The average Bonchev–Trinajstić information content (AvgIpc) is 2.53. The number of aliphatic imine (C=N–C) groups is 1. The second-order valence-corrected chi connectivity index (χ2v) is 9.80. The third kappa shape index (κ3) is 3.89. The van der Waals surface area contributed by atoms with Crippen molar-refractivity contribution >= 4 is 55.8 Å². The van der Waals surface area contributed by atoms with E-state index in [-0.39, 0.29) is 33.1 Å². The van der Waals surface area contributed by atoms with E-state index in [0.717, 1.165) is 11.6 Å². The van der Waals surface area contributed by atoms with Crippen LogP contribution in [0.5, 0.6) is 0 Å². The van der Waals surface area contributed by atoms with E-state index in [1.165, 1.54) is 6.07 Å².